The van der Waals surface area contributed by atoms with Gasteiger partial charge in [-0.3, -0.25) is 9.36 Å². The third-order valence-corrected chi connectivity index (χ3v) is 7.21. The number of thiazole rings is 1. The smallest absolute Gasteiger partial charge is 0.338 e. The Morgan fingerprint density at radius 3 is 2.73 bits per heavy atom. The van der Waals surface area contributed by atoms with Gasteiger partial charge in [-0.1, -0.05) is 35.6 Å². The number of benzene rings is 2. The minimum absolute atomic E-state index is 0.208. The predicted octanol–water partition coefficient (Wildman–Crippen LogP) is 3.69. The normalized spacial score (nSPS) is 15.5. The zero-order valence-corrected chi connectivity index (χ0v) is 21.8. The number of allylic oxidation sites excluding steroid dienone is 1. The number of carbonyl (C=O) groups excluding carboxylic acids is 1. The number of nitrogens with zero attached hydrogens (tertiary/aromatic N) is 2. The average Bonchev–Trinajstić information content (AvgIpc) is 3.44. The van der Waals surface area contributed by atoms with E-state index in [1.807, 2.05) is 55.6 Å². The number of esters is 1. The average molecular weight is 518 g/mol. The molecule has 8 nitrogen and oxygen atoms in total. The van der Waals surface area contributed by atoms with E-state index in [0.717, 1.165) is 16.5 Å². The third-order valence-electron chi connectivity index (χ3n) is 6.23. The molecule has 0 bridgehead atoms. The summed E-state index contributed by atoms with van der Waals surface area (Å²) >= 11 is 1.29. The molecular formula is C28H27N3O5S. The van der Waals surface area contributed by atoms with E-state index in [9.17, 15) is 9.59 Å². The third kappa shape index (κ3) is 4.35. The van der Waals surface area contributed by atoms with Crippen molar-refractivity contribution in [1.29, 1.82) is 0 Å². The lowest BCUT2D eigenvalue weighted by atomic mass is 9.95. The molecule has 1 N–H and O–H groups in total. The van der Waals surface area contributed by atoms with E-state index in [4.69, 9.17) is 14.2 Å². The van der Waals surface area contributed by atoms with Gasteiger partial charge >= 0.3 is 5.97 Å². The van der Waals surface area contributed by atoms with Crippen molar-refractivity contribution in [2.24, 2.45) is 4.99 Å². The Morgan fingerprint density at radius 1 is 1.16 bits per heavy atom. The molecule has 0 radical (unpaired) electrons. The van der Waals surface area contributed by atoms with Crippen LogP contribution in [0.25, 0.3) is 17.0 Å². The number of rotatable bonds is 7. The Morgan fingerprint density at radius 2 is 1.97 bits per heavy atom. The molecule has 9 heteroatoms. The fourth-order valence-electron chi connectivity index (χ4n) is 4.59. The van der Waals surface area contributed by atoms with Crippen LogP contribution >= 0.6 is 11.3 Å². The van der Waals surface area contributed by atoms with Gasteiger partial charge in [-0.2, -0.15) is 0 Å². The number of aromatic amines is 1. The highest BCUT2D eigenvalue weighted by Crippen LogP contribution is 2.36. The molecule has 4 aromatic rings. The summed E-state index contributed by atoms with van der Waals surface area (Å²) in [5.41, 5.74) is 3.18. The lowest BCUT2D eigenvalue weighted by molar-refractivity contribution is -0.139. The van der Waals surface area contributed by atoms with E-state index in [-0.39, 0.29) is 12.2 Å². The first-order valence-corrected chi connectivity index (χ1v) is 12.8. The first-order chi connectivity index (χ1) is 18.0. The first-order valence-electron chi connectivity index (χ1n) is 12.0. The molecule has 0 spiro atoms. The summed E-state index contributed by atoms with van der Waals surface area (Å²) in [6, 6.07) is 12.6. The van der Waals surface area contributed by atoms with Crippen LogP contribution in [0.1, 0.15) is 37.9 Å². The van der Waals surface area contributed by atoms with Gasteiger partial charge in [0, 0.05) is 22.7 Å². The van der Waals surface area contributed by atoms with E-state index >= 15 is 0 Å². The van der Waals surface area contributed by atoms with Crippen LogP contribution in [0.2, 0.25) is 0 Å². The molecule has 37 heavy (non-hydrogen) atoms. The fourth-order valence-corrected chi connectivity index (χ4v) is 5.63. The number of para-hydroxylation sites is 1. The van der Waals surface area contributed by atoms with Crippen molar-refractivity contribution in [3.63, 3.8) is 0 Å². The minimum Gasteiger partial charge on any atom is -0.493 e. The molecule has 2 aromatic carbocycles. The zero-order valence-electron chi connectivity index (χ0n) is 21.0. The molecule has 1 unspecified atom stereocenters. The summed E-state index contributed by atoms with van der Waals surface area (Å²) in [7, 11) is 1.57. The summed E-state index contributed by atoms with van der Waals surface area (Å²) in [6.07, 6.45) is 3.75. The summed E-state index contributed by atoms with van der Waals surface area (Å²) in [5.74, 6) is 0.588. The minimum atomic E-state index is -0.731. The largest absolute Gasteiger partial charge is 0.493 e. The van der Waals surface area contributed by atoms with Gasteiger partial charge in [-0.25, -0.2) is 9.79 Å². The standard InChI is InChI=1S/C28H27N3O5S/c1-5-35-22-13-17(11-12-21(22)34-4)25-24(27(33)36-6-2)16(3)30-28-31(25)26(32)23(37-28)14-18-15-29-20-10-8-7-9-19(18)20/h7-15,25,29H,5-6H2,1-4H3/b23-14-. The number of ether oxygens (including phenoxy) is 3. The number of H-pyrrole nitrogens is 1. The number of aromatic nitrogens is 2. The highest BCUT2D eigenvalue weighted by Gasteiger charge is 2.34. The van der Waals surface area contributed by atoms with Crippen LogP contribution in [0, 0.1) is 0 Å². The Kier molecular flexibility index (Phi) is 6.71. The van der Waals surface area contributed by atoms with Crippen molar-refractivity contribution >= 4 is 34.3 Å². The second-order valence-corrected chi connectivity index (χ2v) is 9.44. The SMILES string of the molecule is CCOC(=O)C1=C(C)N=c2s/c(=C\c3c[nH]c4ccccc34)c(=O)n2C1c1ccc(OC)c(OCC)c1. The van der Waals surface area contributed by atoms with Gasteiger partial charge < -0.3 is 19.2 Å². The molecule has 0 fully saturated rings. The van der Waals surface area contributed by atoms with Crippen LogP contribution in [0.15, 0.2) is 69.7 Å². The van der Waals surface area contributed by atoms with E-state index in [0.29, 0.717) is 44.3 Å². The van der Waals surface area contributed by atoms with Crippen molar-refractivity contribution in [2.45, 2.75) is 26.8 Å². The summed E-state index contributed by atoms with van der Waals surface area (Å²) in [5, 5.41) is 1.02. The molecule has 0 amide bonds. The Balaban J connectivity index is 1.74. The molecule has 190 valence electrons. The summed E-state index contributed by atoms with van der Waals surface area (Å²) in [6.45, 7) is 6.05. The van der Waals surface area contributed by atoms with Crippen LogP contribution in [-0.4, -0.2) is 35.8 Å². The second kappa shape index (κ2) is 10.1. The number of fused-ring (bicyclic) bond motifs is 2. The van der Waals surface area contributed by atoms with Crippen LogP contribution in [-0.2, 0) is 9.53 Å². The van der Waals surface area contributed by atoms with Crippen molar-refractivity contribution < 1.29 is 19.0 Å². The predicted molar refractivity (Wildman–Crippen MR) is 143 cm³/mol. The zero-order chi connectivity index (χ0) is 26.1. The topological polar surface area (TPSA) is 94.9 Å². The van der Waals surface area contributed by atoms with Gasteiger partial charge in [0.1, 0.15) is 0 Å². The van der Waals surface area contributed by atoms with E-state index < -0.39 is 12.0 Å². The molecule has 1 atom stereocenters. The van der Waals surface area contributed by atoms with E-state index in [2.05, 4.69) is 9.98 Å². The van der Waals surface area contributed by atoms with Gasteiger partial charge in [0.15, 0.2) is 16.3 Å². The lowest BCUT2D eigenvalue weighted by Crippen LogP contribution is -2.40. The molecule has 0 aliphatic carbocycles. The summed E-state index contributed by atoms with van der Waals surface area (Å²) in [4.78, 5) is 35.4. The summed E-state index contributed by atoms with van der Waals surface area (Å²) < 4.78 is 18.7. The molecule has 1 aliphatic heterocycles. The van der Waals surface area contributed by atoms with Crippen LogP contribution in [0.5, 0.6) is 11.5 Å². The van der Waals surface area contributed by atoms with Crippen LogP contribution in [0.3, 0.4) is 0 Å². The second-order valence-electron chi connectivity index (χ2n) is 8.44. The molecule has 0 saturated carbocycles. The highest BCUT2D eigenvalue weighted by atomic mass is 32.1. The Hall–Kier alpha value is -4.11. The number of carbonyl (C=O) groups is 1. The fraction of sp³-hybridized carbons (Fsp3) is 0.250. The Labute approximate surface area is 217 Å². The van der Waals surface area contributed by atoms with Crippen LogP contribution in [0.4, 0.5) is 0 Å². The van der Waals surface area contributed by atoms with Gasteiger partial charge in [-0.15, -0.1) is 0 Å². The first kappa shape index (κ1) is 24.6. The molecule has 5 rings (SSSR count). The molecule has 0 saturated heterocycles. The number of hydrogen-bond donors (Lipinski definition) is 1. The van der Waals surface area contributed by atoms with Crippen LogP contribution < -0.4 is 24.4 Å². The maximum Gasteiger partial charge on any atom is 0.338 e. The van der Waals surface area contributed by atoms with Crippen molar-refractivity contribution in [3.05, 3.63) is 90.7 Å². The lowest BCUT2D eigenvalue weighted by Gasteiger charge is -2.25. The molecule has 1 aliphatic rings. The van der Waals surface area contributed by atoms with Crippen molar-refractivity contribution in [1.82, 2.24) is 9.55 Å². The monoisotopic (exact) mass is 517 g/mol. The maximum absolute atomic E-state index is 13.9. The van der Waals surface area contributed by atoms with Gasteiger partial charge in [-0.05, 0) is 50.6 Å². The van der Waals surface area contributed by atoms with E-state index in [1.165, 1.54) is 11.3 Å². The maximum atomic E-state index is 13.9. The Bertz CT molecular complexity index is 1710. The number of nitrogens with one attached hydrogen (secondary N) is 1. The van der Waals surface area contributed by atoms with Gasteiger partial charge in [0.2, 0.25) is 0 Å². The molecule has 3 heterocycles. The van der Waals surface area contributed by atoms with Gasteiger partial charge in [0.25, 0.3) is 5.56 Å². The number of methoxy groups -OCH3 is 1. The van der Waals surface area contributed by atoms with Gasteiger partial charge in [0.05, 0.1) is 42.2 Å². The molecule has 2 aromatic heterocycles. The number of hydrogen-bond acceptors (Lipinski definition) is 7. The quantitative estimate of drug-likeness (QED) is 0.378. The highest BCUT2D eigenvalue weighted by molar-refractivity contribution is 7.07. The van der Waals surface area contributed by atoms with Crippen molar-refractivity contribution in [3.8, 4) is 11.5 Å². The molecular weight excluding hydrogens is 490 g/mol. The van der Waals surface area contributed by atoms with E-state index in [1.54, 1.807) is 31.6 Å². The van der Waals surface area contributed by atoms with Crippen molar-refractivity contribution in [2.75, 3.05) is 20.3 Å².